The van der Waals surface area contributed by atoms with Crippen LogP contribution in [-0.2, 0) is 9.59 Å². The summed E-state index contributed by atoms with van der Waals surface area (Å²) < 4.78 is 10.8. The zero-order valence-electron chi connectivity index (χ0n) is 25.3. The monoisotopic (exact) mass is 684 g/mol. The lowest BCUT2D eigenvalue weighted by atomic mass is 10.1. The molecule has 0 aliphatic carbocycles. The summed E-state index contributed by atoms with van der Waals surface area (Å²) in [5, 5.41) is 11.3. The van der Waals surface area contributed by atoms with Crippen molar-refractivity contribution in [3.05, 3.63) is 124 Å². The van der Waals surface area contributed by atoms with Crippen molar-refractivity contribution in [2.75, 3.05) is 30.6 Å². The standard InChI is InChI=1S/C35H29ClN4O5S2/c1-44-25-15-16-31(45-2)23(17-25)18-29(38-33(42)22-9-4-3-5-10-22)34(43)37-24-11-8-12-26(19-24)46-21-32(41)40-35-39-30(20-47-35)27-13-6-7-14-28(27)36/h3-20H,21H2,1-2H3,(H,37,43)(H,38,42)(H,39,40,41)/b29-18+. The van der Waals surface area contributed by atoms with Crippen LogP contribution in [0.1, 0.15) is 15.9 Å². The van der Waals surface area contributed by atoms with E-state index in [9.17, 15) is 14.4 Å². The maximum absolute atomic E-state index is 13.6. The molecule has 5 rings (SSSR count). The van der Waals surface area contributed by atoms with Gasteiger partial charge >= 0.3 is 0 Å². The van der Waals surface area contributed by atoms with E-state index in [4.69, 9.17) is 21.1 Å². The average Bonchev–Trinajstić information content (AvgIpc) is 3.55. The van der Waals surface area contributed by atoms with E-state index in [1.165, 1.54) is 43.4 Å². The normalized spacial score (nSPS) is 11.0. The molecule has 3 N–H and O–H groups in total. The third kappa shape index (κ3) is 9.01. The smallest absolute Gasteiger partial charge is 0.272 e. The van der Waals surface area contributed by atoms with Crippen molar-refractivity contribution in [3.8, 4) is 22.8 Å². The number of hydrogen-bond acceptors (Lipinski definition) is 8. The Balaban J connectivity index is 1.27. The first-order chi connectivity index (χ1) is 22.8. The quantitative estimate of drug-likeness (QED) is 0.0914. The first-order valence-corrected chi connectivity index (χ1v) is 16.4. The second-order valence-corrected chi connectivity index (χ2v) is 12.1. The second-order valence-electron chi connectivity index (χ2n) is 9.82. The van der Waals surface area contributed by atoms with E-state index in [1.807, 2.05) is 29.6 Å². The molecular weight excluding hydrogens is 656 g/mol. The van der Waals surface area contributed by atoms with E-state index in [0.29, 0.717) is 44.2 Å². The molecule has 0 saturated heterocycles. The Labute approximate surface area is 285 Å². The number of aromatic nitrogens is 1. The van der Waals surface area contributed by atoms with Gasteiger partial charge in [0.05, 0.1) is 25.7 Å². The van der Waals surface area contributed by atoms with Crippen LogP contribution in [0.5, 0.6) is 11.5 Å². The molecule has 5 aromatic rings. The Morgan fingerprint density at radius 2 is 1.68 bits per heavy atom. The summed E-state index contributed by atoms with van der Waals surface area (Å²) in [5.41, 5.74) is 2.85. The lowest BCUT2D eigenvalue weighted by Crippen LogP contribution is -2.30. The average molecular weight is 685 g/mol. The molecule has 47 heavy (non-hydrogen) atoms. The topological polar surface area (TPSA) is 119 Å². The molecule has 0 aliphatic heterocycles. The fourth-order valence-electron chi connectivity index (χ4n) is 4.34. The van der Waals surface area contributed by atoms with Gasteiger partial charge in [-0.1, -0.05) is 54.1 Å². The van der Waals surface area contributed by atoms with Gasteiger partial charge in [0, 0.05) is 37.7 Å². The van der Waals surface area contributed by atoms with E-state index in [1.54, 1.807) is 72.8 Å². The molecule has 12 heteroatoms. The van der Waals surface area contributed by atoms with Crippen molar-refractivity contribution in [1.29, 1.82) is 0 Å². The maximum atomic E-state index is 13.6. The summed E-state index contributed by atoms with van der Waals surface area (Å²) in [4.78, 5) is 44.6. The molecule has 0 atom stereocenters. The highest BCUT2D eigenvalue weighted by atomic mass is 35.5. The molecule has 1 heterocycles. The number of methoxy groups -OCH3 is 2. The van der Waals surface area contributed by atoms with Crippen LogP contribution in [-0.4, -0.2) is 42.7 Å². The van der Waals surface area contributed by atoms with Gasteiger partial charge in [-0.3, -0.25) is 14.4 Å². The minimum absolute atomic E-state index is 0.0116. The van der Waals surface area contributed by atoms with E-state index >= 15 is 0 Å². The number of carbonyl (C=O) groups is 3. The van der Waals surface area contributed by atoms with Crippen LogP contribution in [0, 0.1) is 0 Å². The number of hydrogen-bond donors (Lipinski definition) is 3. The Kier molecular flexibility index (Phi) is 11.3. The number of rotatable bonds is 12. The molecule has 0 fully saturated rings. The molecule has 0 saturated carbocycles. The maximum Gasteiger partial charge on any atom is 0.272 e. The van der Waals surface area contributed by atoms with E-state index in [2.05, 4.69) is 20.9 Å². The van der Waals surface area contributed by atoms with Crippen LogP contribution in [0.15, 0.2) is 113 Å². The Morgan fingerprint density at radius 1 is 0.894 bits per heavy atom. The SMILES string of the molecule is COc1ccc(OC)c(/C=C(/NC(=O)c2ccccc2)C(=O)Nc2cccc(SCC(=O)Nc3nc(-c4ccccc4Cl)cs3)c2)c1. The van der Waals surface area contributed by atoms with E-state index < -0.39 is 11.8 Å². The van der Waals surface area contributed by atoms with E-state index in [-0.39, 0.29) is 17.4 Å². The fourth-order valence-corrected chi connectivity index (χ4v) is 6.05. The van der Waals surface area contributed by atoms with Crippen molar-refractivity contribution in [1.82, 2.24) is 10.3 Å². The van der Waals surface area contributed by atoms with Crippen LogP contribution in [0.3, 0.4) is 0 Å². The summed E-state index contributed by atoms with van der Waals surface area (Å²) in [5.74, 6) is -0.0895. The fraction of sp³-hybridized carbons (Fsp3) is 0.0857. The van der Waals surface area contributed by atoms with Crippen molar-refractivity contribution >= 4 is 69.3 Å². The number of nitrogens with zero attached hydrogens (tertiary/aromatic N) is 1. The molecular formula is C35H29ClN4O5S2. The van der Waals surface area contributed by atoms with Crippen LogP contribution in [0.4, 0.5) is 10.8 Å². The zero-order chi connectivity index (χ0) is 33.2. The number of nitrogens with one attached hydrogen (secondary N) is 3. The van der Waals surface area contributed by atoms with Crippen LogP contribution < -0.4 is 25.4 Å². The van der Waals surface area contributed by atoms with Crippen LogP contribution in [0.25, 0.3) is 17.3 Å². The Morgan fingerprint density at radius 3 is 2.45 bits per heavy atom. The van der Waals surface area contributed by atoms with Gasteiger partial charge in [-0.2, -0.15) is 0 Å². The number of amides is 3. The van der Waals surface area contributed by atoms with Gasteiger partial charge in [-0.05, 0) is 60.7 Å². The number of ether oxygens (including phenoxy) is 2. The minimum Gasteiger partial charge on any atom is -0.497 e. The Bertz CT molecular complexity index is 1930. The summed E-state index contributed by atoms with van der Waals surface area (Å²) >= 11 is 8.89. The molecule has 0 bridgehead atoms. The summed E-state index contributed by atoms with van der Waals surface area (Å²) in [7, 11) is 3.05. The number of benzene rings is 4. The van der Waals surface area contributed by atoms with Crippen molar-refractivity contribution in [2.45, 2.75) is 4.90 Å². The van der Waals surface area contributed by atoms with Gasteiger partial charge in [-0.25, -0.2) is 4.98 Å². The van der Waals surface area contributed by atoms with Gasteiger partial charge in [0.15, 0.2) is 5.13 Å². The summed E-state index contributed by atoms with van der Waals surface area (Å²) in [6.07, 6.45) is 1.52. The zero-order valence-corrected chi connectivity index (χ0v) is 27.7. The number of anilines is 2. The third-order valence-electron chi connectivity index (χ3n) is 6.63. The highest BCUT2D eigenvalue weighted by molar-refractivity contribution is 8.00. The molecule has 1 aromatic heterocycles. The summed E-state index contributed by atoms with van der Waals surface area (Å²) in [6, 6.07) is 28.2. The molecule has 238 valence electrons. The molecule has 9 nitrogen and oxygen atoms in total. The second kappa shape index (κ2) is 15.9. The van der Waals surface area contributed by atoms with Crippen LogP contribution >= 0.6 is 34.7 Å². The van der Waals surface area contributed by atoms with Crippen molar-refractivity contribution < 1.29 is 23.9 Å². The number of thioether (sulfide) groups is 1. The highest BCUT2D eigenvalue weighted by Crippen LogP contribution is 2.31. The first kappa shape index (κ1) is 33.3. The van der Waals surface area contributed by atoms with Gasteiger partial charge in [0.25, 0.3) is 11.8 Å². The number of carbonyl (C=O) groups excluding carboxylic acids is 3. The van der Waals surface area contributed by atoms with Crippen LogP contribution in [0.2, 0.25) is 5.02 Å². The van der Waals surface area contributed by atoms with Crippen molar-refractivity contribution in [2.24, 2.45) is 0 Å². The Hall–Kier alpha value is -5.10. The van der Waals surface area contributed by atoms with Gasteiger partial charge in [0.2, 0.25) is 5.91 Å². The first-order valence-electron chi connectivity index (χ1n) is 14.2. The summed E-state index contributed by atoms with van der Waals surface area (Å²) in [6.45, 7) is 0. The third-order valence-corrected chi connectivity index (χ3v) is 8.71. The number of thiazole rings is 1. The lowest BCUT2D eigenvalue weighted by molar-refractivity contribution is -0.114. The highest BCUT2D eigenvalue weighted by Gasteiger charge is 2.17. The molecule has 0 unspecified atom stereocenters. The predicted octanol–water partition coefficient (Wildman–Crippen LogP) is 7.62. The van der Waals surface area contributed by atoms with Gasteiger partial charge in [-0.15, -0.1) is 23.1 Å². The van der Waals surface area contributed by atoms with Crippen molar-refractivity contribution in [3.63, 3.8) is 0 Å². The molecule has 4 aromatic carbocycles. The number of halogens is 1. The molecule has 0 radical (unpaired) electrons. The van der Waals surface area contributed by atoms with Gasteiger partial charge in [0.1, 0.15) is 17.2 Å². The lowest BCUT2D eigenvalue weighted by Gasteiger charge is -2.13. The minimum atomic E-state index is -0.558. The largest absolute Gasteiger partial charge is 0.497 e. The van der Waals surface area contributed by atoms with Gasteiger partial charge < -0.3 is 25.4 Å². The molecule has 3 amide bonds. The predicted molar refractivity (Wildman–Crippen MR) is 188 cm³/mol. The molecule has 0 aliphatic rings. The van der Waals surface area contributed by atoms with E-state index in [0.717, 1.165) is 10.5 Å². The molecule has 0 spiro atoms.